The van der Waals surface area contributed by atoms with Crippen LogP contribution in [0.2, 0.25) is 104 Å². The summed E-state index contributed by atoms with van der Waals surface area (Å²) in [6.45, 7) is 35.0. The third-order valence-corrected chi connectivity index (χ3v) is 6.46. The van der Waals surface area contributed by atoms with Crippen molar-refractivity contribution in [3.05, 3.63) is 0 Å². The van der Waals surface area contributed by atoms with Crippen molar-refractivity contribution in [2.45, 2.75) is 169 Å². The second-order valence-electron chi connectivity index (χ2n) is 15.2. The van der Waals surface area contributed by atoms with Gasteiger partial charge in [0.1, 0.15) is 0 Å². The van der Waals surface area contributed by atoms with Gasteiger partial charge in [-0.25, -0.2) is 0 Å². The highest BCUT2D eigenvalue weighted by Crippen LogP contribution is 2.12. The molecule has 11 heteroatoms. The molecule has 246 valence electrons. The Bertz CT molecular complexity index is 415. The van der Waals surface area contributed by atoms with Gasteiger partial charge in [0.25, 0.3) is 0 Å². The third-order valence-electron chi connectivity index (χ3n) is 3.16. The van der Waals surface area contributed by atoms with E-state index in [1.54, 1.807) is 14.0 Å². The average molecular weight is 651 g/mol. The van der Waals surface area contributed by atoms with Gasteiger partial charge in [-0.2, -0.15) is 0 Å². The summed E-state index contributed by atoms with van der Waals surface area (Å²) in [5.41, 5.74) is 0. The van der Waals surface area contributed by atoms with E-state index in [-0.39, 0.29) is 6.10 Å². The van der Waals surface area contributed by atoms with Gasteiger partial charge in [0.2, 0.25) is 0 Å². The van der Waals surface area contributed by atoms with E-state index in [2.05, 4.69) is 44.8 Å². The molecule has 0 fully saturated rings. The van der Waals surface area contributed by atoms with E-state index in [4.69, 9.17) is 19.5 Å². The van der Waals surface area contributed by atoms with E-state index in [9.17, 15) is 4.80 Å². The second kappa shape index (κ2) is 28.9. The molecular weight excluding hydrogens is 573 g/mol. The Morgan fingerprint density at radius 2 is 0.821 bits per heavy atom. The molecule has 5 N–H and O–H groups in total. The molecule has 0 heterocycles. The van der Waals surface area contributed by atoms with Gasteiger partial charge in [-0.3, -0.25) is 0 Å². The quantitative estimate of drug-likeness (QED) is 0.120. The number of hydrogen-bond donors (Lipinski definition) is 5. The second-order valence-corrected chi connectivity index (χ2v) is 38.1. The van der Waals surface area contributed by atoms with E-state index in [0.717, 1.165) is 18.5 Å². The predicted molar refractivity (Wildman–Crippen MR) is 192 cm³/mol. The van der Waals surface area contributed by atoms with Gasteiger partial charge in [-0.05, 0) is 84.5 Å². The lowest BCUT2D eigenvalue weighted by Gasteiger charge is -2.12. The first-order chi connectivity index (χ1) is 16.9. The molecule has 39 heavy (non-hydrogen) atoms. The molecule has 0 aromatic heterocycles. The summed E-state index contributed by atoms with van der Waals surface area (Å²) in [6, 6.07) is 2.11. The number of aliphatic hydroxyl groups is 1. The van der Waals surface area contributed by atoms with Crippen molar-refractivity contribution in [2.24, 2.45) is 0 Å². The Balaban J connectivity index is -0.0000000866. The summed E-state index contributed by atoms with van der Waals surface area (Å²) in [5, 5.41) is 8.43. The van der Waals surface area contributed by atoms with Crippen LogP contribution in [-0.2, 0) is 4.74 Å². The molecule has 0 aromatic carbocycles. The molecule has 0 amide bonds. The van der Waals surface area contributed by atoms with E-state index in [1.807, 2.05) is 65.5 Å². The van der Waals surface area contributed by atoms with Gasteiger partial charge in [0.15, 0.2) is 33.3 Å². The fourth-order valence-corrected chi connectivity index (χ4v) is 4.35. The summed E-state index contributed by atoms with van der Waals surface area (Å²) >= 11 is 0. The highest BCUT2D eigenvalue weighted by atomic mass is 28.4. The zero-order chi connectivity index (χ0) is 33.1. The van der Waals surface area contributed by atoms with Crippen LogP contribution in [0.4, 0.5) is 0 Å². The molecule has 0 saturated carbocycles. The molecule has 6 nitrogen and oxygen atoms in total. The summed E-state index contributed by atoms with van der Waals surface area (Å²) < 4.78 is 4.55. The molecule has 0 radical (unpaired) electrons. The Hall–Kier alpha value is 0.844. The molecular formula is C28H78O6Si5. The van der Waals surface area contributed by atoms with Gasteiger partial charge < -0.3 is 29.0 Å². The Morgan fingerprint density at radius 3 is 0.949 bits per heavy atom. The maximum atomic E-state index is 9.51. The number of rotatable bonds is 10. The smallest absolute Gasteiger partial charge is 0.182 e. The summed E-state index contributed by atoms with van der Waals surface area (Å²) in [7, 11) is -5.65. The highest BCUT2D eigenvalue weighted by molar-refractivity contribution is 6.74. The number of aliphatic hydroxyl groups excluding tert-OH is 1. The van der Waals surface area contributed by atoms with Crippen molar-refractivity contribution in [3.8, 4) is 0 Å². The van der Waals surface area contributed by atoms with Crippen LogP contribution in [0.15, 0.2) is 0 Å². The molecule has 1 unspecified atom stereocenters. The molecule has 0 aliphatic carbocycles. The summed E-state index contributed by atoms with van der Waals surface area (Å²) in [4.78, 5) is 36.0. The van der Waals surface area contributed by atoms with E-state index in [1.165, 1.54) is 32.1 Å². The van der Waals surface area contributed by atoms with Gasteiger partial charge >= 0.3 is 0 Å². The highest BCUT2D eigenvalue weighted by Gasteiger charge is 2.15. The maximum absolute atomic E-state index is 9.51. The van der Waals surface area contributed by atoms with Crippen LogP contribution in [0.25, 0.3) is 0 Å². The molecule has 0 aliphatic rings. The zero-order valence-electron chi connectivity index (χ0n) is 30.1. The van der Waals surface area contributed by atoms with Crippen LogP contribution in [0.1, 0.15) is 59.3 Å². The Morgan fingerprint density at radius 1 is 0.538 bits per heavy atom. The van der Waals surface area contributed by atoms with Gasteiger partial charge in [0, 0.05) is 15.2 Å². The van der Waals surface area contributed by atoms with Crippen LogP contribution < -0.4 is 0 Å². The number of unbranched alkanes of at least 4 members (excludes halogenated alkanes) is 4. The normalized spacial score (nSPS) is 12.4. The minimum Gasteiger partial charge on any atom is -0.433 e. The van der Waals surface area contributed by atoms with E-state index in [0.29, 0.717) is 6.61 Å². The first kappa shape index (κ1) is 52.5. The fraction of sp³-hybridized carbons (Fsp3) is 1.00. The maximum Gasteiger partial charge on any atom is 0.182 e. The monoisotopic (exact) mass is 650 g/mol. The molecule has 0 aromatic rings. The predicted octanol–water partition coefficient (Wildman–Crippen LogP) is 8.34. The van der Waals surface area contributed by atoms with Crippen molar-refractivity contribution in [1.29, 1.82) is 0 Å². The van der Waals surface area contributed by atoms with E-state index < -0.39 is 41.3 Å². The summed E-state index contributed by atoms with van der Waals surface area (Å²) in [6.07, 6.45) is 7.35. The first-order valence-electron chi connectivity index (χ1n) is 15.0. The van der Waals surface area contributed by atoms with Crippen LogP contribution >= 0.6 is 0 Å². The van der Waals surface area contributed by atoms with Crippen LogP contribution in [-0.4, -0.2) is 85.5 Å². The Labute approximate surface area is 252 Å². The van der Waals surface area contributed by atoms with Crippen LogP contribution in [0.5, 0.6) is 0 Å². The number of hydrogen-bond acceptors (Lipinski definition) is 6. The first-order valence-corrected chi connectivity index (χ1v) is 32.2. The van der Waals surface area contributed by atoms with Gasteiger partial charge in [-0.15, -0.1) is 0 Å². The van der Waals surface area contributed by atoms with Crippen LogP contribution in [0.3, 0.4) is 0 Å². The lowest BCUT2D eigenvalue weighted by atomic mass is 10.2. The van der Waals surface area contributed by atoms with Crippen molar-refractivity contribution in [1.82, 2.24) is 0 Å². The fourth-order valence-electron chi connectivity index (χ4n) is 2.01. The third kappa shape index (κ3) is 210. The minimum absolute atomic E-state index is 0.324. The SMILES string of the molecule is CCCCCCC[Si](C)(C)O.CCC[Si](C)(C)O.COCC(C)O.C[Si](C)(C)C.C[Si](C)(C)O.C[Si](C)(C)O. The van der Waals surface area contributed by atoms with Crippen molar-refractivity contribution >= 4 is 41.3 Å². The van der Waals surface area contributed by atoms with Crippen molar-refractivity contribution in [3.63, 3.8) is 0 Å². The molecule has 0 saturated heterocycles. The van der Waals surface area contributed by atoms with Crippen LogP contribution in [0, 0.1) is 0 Å². The average Bonchev–Trinajstić information content (AvgIpc) is 2.56. The lowest BCUT2D eigenvalue weighted by molar-refractivity contribution is 0.0765. The van der Waals surface area contributed by atoms with Crippen molar-refractivity contribution < 1.29 is 29.0 Å². The molecule has 0 bridgehead atoms. The number of ether oxygens (including phenoxy) is 1. The van der Waals surface area contributed by atoms with Crippen molar-refractivity contribution in [2.75, 3.05) is 13.7 Å². The largest absolute Gasteiger partial charge is 0.433 e. The zero-order valence-corrected chi connectivity index (χ0v) is 35.1. The summed E-state index contributed by atoms with van der Waals surface area (Å²) in [5.74, 6) is 0. The van der Waals surface area contributed by atoms with E-state index >= 15 is 0 Å². The molecule has 0 rings (SSSR count). The topological polar surface area (TPSA) is 110 Å². The minimum atomic E-state index is -1.72. The molecule has 1 atom stereocenters. The molecule has 0 spiro atoms. The standard InChI is InChI=1S/C9H22OSi.C5H14OSi.C4H10O2.C4H12Si.2C3H10OSi/c1-4-5-6-7-8-9-11(2,3)10;1-4-5-7(2,3)6;1-4(5)3-6-2;3*1-5(2,3)4/h10H,4-9H2,1-3H3;6H,4-5H2,1-3H3;4-5H,3H2,1-2H3;1-4H3;2*4H,1-3H3. The van der Waals surface area contributed by atoms with Gasteiger partial charge in [0.05, 0.1) is 12.7 Å². The number of methoxy groups -OCH3 is 1. The van der Waals surface area contributed by atoms with Gasteiger partial charge in [-0.1, -0.05) is 78.6 Å². The lowest BCUT2D eigenvalue weighted by Crippen LogP contribution is -2.23. The molecule has 0 aliphatic heterocycles. The Kier molecular flexibility index (Phi) is 38.9.